The number of carbonyl (C=O) groups is 2. The quantitative estimate of drug-likeness (QED) is 0.578. The SMILES string of the molecule is CN(C)C1(CNC(=O)C(N)CC(N)=O)CCCC1. The van der Waals surface area contributed by atoms with Crippen LogP contribution in [0.25, 0.3) is 0 Å². The van der Waals surface area contributed by atoms with Gasteiger partial charge in [0.15, 0.2) is 0 Å². The Bertz CT molecular complexity index is 311. The van der Waals surface area contributed by atoms with E-state index in [1.165, 1.54) is 12.8 Å². The molecule has 1 rings (SSSR count). The van der Waals surface area contributed by atoms with Gasteiger partial charge in [0.25, 0.3) is 0 Å². The molecule has 1 saturated carbocycles. The first kappa shape index (κ1) is 14.9. The smallest absolute Gasteiger partial charge is 0.237 e. The van der Waals surface area contributed by atoms with Gasteiger partial charge in [0.2, 0.25) is 11.8 Å². The Morgan fingerprint density at radius 2 is 1.89 bits per heavy atom. The lowest BCUT2D eigenvalue weighted by Gasteiger charge is -2.36. The third-order valence-corrected chi connectivity index (χ3v) is 3.83. The van der Waals surface area contributed by atoms with E-state index in [-0.39, 0.29) is 17.9 Å². The number of hydrogen-bond acceptors (Lipinski definition) is 4. The molecule has 0 aromatic heterocycles. The normalized spacial score (nSPS) is 19.8. The van der Waals surface area contributed by atoms with Crippen molar-refractivity contribution in [3.05, 3.63) is 0 Å². The van der Waals surface area contributed by atoms with Gasteiger partial charge in [-0.25, -0.2) is 0 Å². The third kappa shape index (κ3) is 3.68. The van der Waals surface area contributed by atoms with Crippen LogP contribution < -0.4 is 16.8 Å². The first-order valence-electron chi connectivity index (χ1n) is 6.36. The summed E-state index contributed by atoms with van der Waals surface area (Å²) in [6, 6.07) is -0.844. The molecule has 6 heteroatoms. The number of nitrogens with two attached hydrogens (primary N) is 2. The van der Waals surface area contributed by atoms with Crippen molar-refractivity contribution in [3.63, 3.8) is 0 Å². The number of rotatable bonds is 6. The number of nitrogens with zero attached hydrogens (tertiary/aromatic N) is 1. The van der Waals surface area contributed by atoms with E-state index in [0.717, 1.165) is 12.8 Å². The van der Waals surface area contributed by atoms with Crippen LogP contribution >= 0.6 is 0 Å². The molecule has 0 aromatic carbocycles. The van der Waals surface area contributed by atoms with Gasteiger partial charge in [0.1, 0.15) is 0 Å². The van der Waals surface area contributed by atoms with Crippen molar-refractivity contribution in [1.82, 2.24) is 10.2 Å². The number of primary amides is 1. The summed E-state index contributed by atoms with van der Waals surface area (Å²) >= 11 is 0. The van der Waals surface area contributed by atoms with Gasteiger partial charge >= 0.3 is 0 Å². The molecule has 0 radical (unpaired) electrons. The minimum Gasteiger partial charge on any atom is -0.370 e. The van der Waals surface area contributed by atoms with Gasteiger partial charge in [-0.15, -0.1) is 0 Å². The Morgan fingerprint density at radius 1 is 1.33 bits per heavy atom. The van der Waals surface area contributed by atoms with E-state index in [9.17, 15) is 9.59 Å². The van der Waals surface area contributed by atoms with Crippen molar-refractivity contribution in [2.24, 2.45) is 11.5 Å². The first-order chi connectivity index (χ1) is 8.37. The van der Waals surface area contributed by atoms with Crippen molar-refractivity contribution in [3.8, 4) is 0 Å². The molecular formula is C12H24N4O2. The molecule has 0 heterocycles. The summed E-state index contributed by atoms with van der Waals surface area (Å²) in [5.74, 6) is -0.859. The molecule has 0 aromatic rings. The minimum absolute atomic E-state index is 0.0299. The highest BCUT2D eigenvalue weighted by atomic mass is 16.2. The van der Waals surface area contributed by atoms with E-state index >= 15 is 0 Å². The molecule has 18 heavy (non-hydrogen) atoms. The topological polar surface area (TPSA) is 101 Å². The fourth-order valence-corrected chi connectivity index (χ4v) is 2.51. The number of likely N-dealkylation sites (N-methyl/N-ethyl adjacent to an activating group) is 1. The minimum atomic E-state index is -0.844. The fraction of sp³-hybridized carbons (Fsp3) is 0.833. The zero-order valence-electron chi connectivity index (χ0n) is 11.2. The molecule has 2 amide bonds. The molecule has 0 bridgehead atoms. The maximum Gasteiger partial charge on any atom is 0.237 e. The highest BCUT2D eigenvalue weighted by molar-refractivity contribution is 5.87. The molecule has 1 unspecified atom stereocenters. The molecule has 0 aliphatic heterocycles. The molecule has 104 valence electrons. The lowest BCUT2D eigenvalue weighted by Crippen LogP contribution is -2.53. The predicted molar refractivity (Wildman–Crippen MR) is 69.7 cm³/mol. The molecular weight excluding hydrogens is 232 g/mol. The van der Waals surface area contributed by atoms with Crippen LogP contribution in [0.1, 0.15) is 32.1 Å². The van der Waals surface area contributed by atoms with Gasteiger partial charge in [-0.3, -0.25) is 9.59 Å². The van der Waals surface area contributed by atoms with Gasteiger partial charge < -0.3 is 21.7 Å². The largest absolute Gasteiger partial charge is 0.370 e. The highest BCUT2D eigenvalue weighted by Gasteiger charge is 2.36. The van der Waals surface area contributed by atoms with Crippen LogP contribution in [-0.4, -0.2) is 48.9 Å². The average Bonchev–Trinajstić information content (AvgIpc) is 2.74. The van der Waals surface area contributed by atoms with Crippen LogP contribution in [0.3, 0.4) is 0 Å². The Labute approximate surface area is 108 Å². The van der Waals surface area contributed by atoms with Crippen LogP contribution in [0.15, 0.2) is 0 Å². The summed E-state index contributed by atoms with van der Waals surface area (Å²) < 4.78 is 0. The van der Waals surface area contributed by atoms with E-state index in [2.05, 4.69) is 10.2 Å². The lowest BCUT2D eigenvalue weighted by molar-refractivity contribution is -0.126. The maximum atomic E-state index is 11.7. The summed E-state index contributed by atoms with van der Waals surface area (Å²) in [4.78, 5) is 24.6. The monoisotopic (exact) mass is 256 g/mol. The van der Waals surface area contributed by atoms with Crippen molar-refractivity contribution in [1.29, 1.82) is 0 Å². The molecule has 1 atom stereocenters. The molecule has 0 saturated heterocycles. The van der Waals surface area contributed by atoms with Crippen molar-refractivity contribution < 1.29 is 9.59 Å². The lowest BCUT2D eigenvalue weighted by atomic mass is 9.96. The predicted octanol–water partition coefficient (Wildman–Crippen LogP) is -0.820. The van der Waals surface area contributed by atoms with Crippen LogP contribution in [0, 0.1) is 0 Å². The molecule has 1 aliphatic carbocycles. The van der Waals surface area contributed by atoms with Crippen molar-refractivity contribution >= 4 is 11.8 Å². The van der Waals surface area contributed by atoms with Gasteiger partial charge in [0, 0.05) is 12.1 Å². The zero-order chi connectivity index (χ0) is 13.8. The Morgan fingerprint density at radius 3 is 2.33 bits per heavy atom. The van der Waals surface area contributed by atoms with Gasteiger partial charge in [-0.2, -0.15) is 0 Å². The summed E-state index contributed by atoms with van der Waals surface area (Å²) in [5, 5.41) is 2.84. The third-order valence-electron chi connectivity index (χ3n) is 3.83. The van der Waals surface area contributed by atoms with Crippen molar-refractivity contribution in [2.45, 2.75) is 43.7 Å². The molecule has 1 fully saturated rings. The second-order valence-corrected chi connectivity index (χ2v) is 5.32. The number of amides is 2. The second-order valence-electron chi connectivity index (χ2n) is 5.32. The van der Waals surface area contributed by atoms with Crippen LogP contribution in [0.4, 0.5) is 0 Å². The molecule has 1 aliphatic rings. The molecule has 5 N–H and O–H groups in total. The van der Waals surface area contributed by atoms with E-state index in [0.29, 0.717) is 6.54 Å². The first-order valence-corrected chi connectivity index (χ1v) is 6.36. The maximum absolute atomic E-state index is 11.7. The Balaban J connectivity index is 2.48. The number of carbonyl (C=O) groups excluding carboxylic acids is 2. The standard InChI is InChI=1S/C12H24N4O2/c1-16(2)12(5-3-4-6-12)8-15-11(18)9(13)7-10(14)17/h9H,3-8,13H2,1-2H3,(H2,14,17)(H,15,18). The number of hydrogen-bond donors (Lipinski definition) is 3. The van der Waals surface area contributed by atoms with Crippen LogP contribution in [0.5, 0.6) is 0 Å². The van der Waals surface area contributed by atoms with E-state index in [4.69, 9.17) is 11.5 Å². The summed E-state index contributed by atoms with van der Waals surface area (Å²) in [6.07, 6.45) is 4.40. The van der Waals surface area contributed by atoms with Gasteiger partial charge in [-0.1, -0.05) is 12.8 Å². The summed E-state index contributed by atoms with van der Waals surface area (Å²) in [5.41, 5.74) is 10.6. The summed E-state index contributed by atoms with van der Waals surface area (Å²) in [6.45, 7) is 0.575. The van der Waals surface area contributed by atoms with Crippen LogP contribution in [0.2, 0.25) is 0 Å². The zero-order valence-corrected chi connectivity index (χ0v) is 11.2. The number of nitrogens with one attached hydrogen (secondary N) is 1. The Kier molecular flexibility index (Phi) is 5.10. The second kappa shape index (κ2) is 6.15. The average molecular weight is 256 g/mol. The fourth-order valence-electron chi connectivity index (χ4n) is 2.51. The Hall–Kier alpha value is -1.14. The molecule has 6 nitrogen and oxygen atoms in total. The van der Waals surface area contributed by atoms with E-state index < -0.39 is 11.9 Å². The van der Waals surface area contributed by atoms with Gasteiger partial charge in [-0.05, 0) is 26.9 Å². The van der Waals surface area contributed by atoms with Gasteiger partial charge in [0.05, 0.1) is 12.5 Å². The summed E-state index contributed by atoms with van der Waals surface area (Å²) in [7, 11) is 4.06. The highest BCUT2D eigenvalue weighted by Crippen LogP contribution is 2.33. The van der Waals surface area contributed by atoms with E-state index in [1.54, 1.807) is 0 Å². The van der Waals surface area contributed by atoms with Crippen LogP contribution in [-0.2, 0) is 9.59 Å². The van der Waals surface area contributed by atoms with Crippen molar-refractivity contribution in [2.75, 3.05) is 20.6 Å². The molecule has 0 spiro atoms. The van der Waals surface area contributed by atoms with E-state index in [1.807, 2.05) is 14.1 Å².